The monoisotopic (exact) mass is 386 g/mol. The predicted molar refractivity (Wildman–Crippen MR) is 104 cm³/mol. The first-order valence-electron chi connectivity index (χ1n) is 8.88. The molecule has 1 aromatic heterocycles. The normalized spacial score (nSPS) is 10.2. The lowest BCUT2D eigenvalue weighted by molar-refractivity contribution is -0.384. The molecule has 1 N–H and O–H groups in total. The summed E-state index contributed by atoms with van der Waals surface area (Å²) in [5.74, 6) is -0.589. The van der Waals surface area contributed by atoms with Crippen LogP contribution in [0, 0.1) is 10.1 Å². The smallest absolute Gasteiger partial charge is 0.307 e. The first-order valence-corrected chi connectivity index (χ1v) is 8.88. The lowest BCUT2D eigenvalue weighted by atomic mass is 10.1. The van der Waals surface area contributed by atoms with Crippen LogP contribution in [0.5, 0.6) is 0 Å². The molecule has 0 bridgehead atoms. The lowest BCUT2D eigenvalue weighted by Gasteiger charge is -2.21. The number of nitro benzene ring substituents is 1. The first kappa shape index (κ1) is 20.8. The van der Waals surface area contributed by atoms with Crippen LogP contribution in [0.4, 0.5) is 17.2 Å². The number of nitrogens with zero attached hydrogens (tertiary/aromatic N) is 3. The SMILES string of the molecule is CCNc1ccc(C(=O)N(CCC(=O)OCC)c2ccccn2)cc1[N+](=O)[O-]. The van der Waals surface area contributed by atoms with Gasteiger partial charge in [-0.15, -0.1) is 0 Å². The molecule has 1 aromatic carbocycles. The van der Waals surface area contributed by atoms with Gasteiger partial charge in [0.05, 0.1) is 18.0 Å². The summed E-state index contributed by atoms with van der Waals surface area (Å²) in [7, 11) is 0. The van der Waals surface area contributed by atoms with E-state index < -0.39 is 16.8 Å². The number of pyridine rings is 1. The van der Waals surface area contributed by atoms with Crippen LogP contribution in [-0.2, 0) is 9.53 Å². The first-order chi connectivity index (χ1) is 13.5. The summed E-state index contributed by atoms with van der Waals surface area (Å²) in [6, 6.07) is 9.27. The number of hydrogen-bond acceptors (Lipinski definition) is 7. The van der Waals surface area contributed by atoms with Gasteiger partial charge in [0.1, 0.15) is 11.5 Å². The average Bonchev–Trinajstić information content (AvgIpc) is 2.69. The summed E-state index contributed by atoms with van der Waals surface area (Å²) in [5.41, 5.74) is 0.266. The minimum absolute atomic E-state index is 0.0201. The number of aromatic nitrogens is 1. The van der Waals surface area contributed by atoms with Crippen molar-refractivity contribution in [3.8, 4) is 0 Å². The summed E-state index contributed by atoms with van der Waals surface area (Å²) < 4.78 is 4.91. The third-order valence-corrected chi connectivity index (χ3v) is 3.82. The molecule has 0 unspecified atom stereocenters. The molecule has 2 aromatic rings. The number of carbonyl (C=O) groups excluding carboxylic acids is 2. The summed E-state index contributed by atoms with van der Waals surface area (Å²) in [5, 5.41) is 14.3. The lowest BCUT2D eigenvalue weighted by Crippen LogP contribution is -2.34. The van der Waals surface area contributed by atoms with Crippen molar-refractivity contribution >= 4 is 29.1 Å². The van der Waals surface area contributed by atoms with Crippen molar-refractivity contribution < 1.29 is 19.2 Å². The highest BCUT2D eigenvalue weighted by atomic mass is 16.6. The Morgan fingerprint density at radius 1 is 1.25 bits per heavy atom. The average molecular weight is 386 g/mol. The third kappa shape index (κ3) is 5.26. The van der Waals surface area contributed by atoms with Crippen molar-refractivity contribution in [1.82, 2.24) is 4.98 Å². The van der Waals surface area contributed by atoms with Gasteiger partial charge < -0.3 is 10.1 Å². The Morgan fingerprint density at radius 2 is 2.04 bits per heavy atom. The van der Waals surface area contributed by atoms with E-state index in [0.29, 0.717) is 18.1 Å². The van der Waals surface area contributed by atoms with Crippen LogP contribution in [0.2, 0.25) is 0 Å². The zero-order valence-corrected chi connectivity index (χ0v) is 15.8. The van der Waals surface area contributed by atoms with Crippen molar-refractivity contribution in [2.75, 3.05) is 29.9 Å². The van der Waals surface area contributed by atoms with Crippen LogP contribution in [0.3, 0.4) is 0 Å². The quantitative estimate of drug-likeness (QED) is 0.400. The van der Waals surface area contributed by atoms with Crippen molar-refractivity contribution in [1.29, 1.82) is 0 Å². The highest BCUT2D eigenvalue weighted by Gasteiger charge is 2.23. The fourth-order valence-corrected chi connectivity index (χ4v) is 2.58. The Hall–Kier alpha value is -3.49. The predicted octanol–water partition coefficient (Wildman–Crippen LogP) is 3.02. The molecule has 0 atom stereocenters. The van der Waals surface area contributed by atoms with Crippen molar-refractivity contribution in [3.63, 3.8) is 0 Å². The standard InChI is InChI=1S/C19H22N4O5/c1-3-20-15-9-8-14(13-16(15)23(26)27)19(25)22(12-10-18(24)28-4-2)17-7-5-6-11-21-17/h5-9,11,13,20H,3-4,10,12H2,1-2H3. The minimum atomic E-state index is -0.543. The van der Waals surface area contributed by atoms with Gasteiger partial charge in [-0.25, -0.2) is 4.98 Å². The molecule has 1 amide bonds. The van der Waals surface area contributed by atoms with Gasteiger partial charge in [0.2, 0.25) is 0 Å². The van der Waals surface area contributed by atoms with Crippen LogP contribution in [0.1, 0.15) is 30.6 Å². The van der Waals surface area contributed by atoms with E-state index in [-0.39, 0.29) is 30.8 Å². The highest BCUT2D eigenvalue weighted by molar-refractivity contribution is 6.06. The zero-order valence-electron chi connectivity index (χ0n) is 15.8. The van der Waals surface area contributed by atoms with Gasteiger partial charge >= 0.3 is 5.97 Å². The number of rotatable bonds is 9. The fraction of sp³-hybridized carbons (Fsp3) is 0.316. The largest absolute Gasteiger partial charge is 0.466 e. The van der Waals surface area contributed by atoms with Crippen LogP contribution < -0.4 is 10.2 Å². The summed E-state index contributed by atoms with van der Waals surface area (Å²) in [6.45, 7) is 4.31. The van der Waals surface area contributed by atoms with Crippen LogP contribution in [0.25, 0.3) is 0 Å². The topological polar surface area (TPSA) is 115 Å². The van der Waals surface area contributed by atoms with E-state index in [9.17, 15) is 19.7 Å². The summed E-state index contributed by atoms with van der Waals surface area (Å²) in [6.07, 6.45) is 1.50. The van der Waals surface area contributed by atoms with Crippen molar-refractivity contribution in [2.24, 2.45) is 0 Å². The number of benzene rings is 1. The molecular weight excluding hydrogens is 364 g/mol. The fourth-order valence-electron chi connectivity index (χ4n) is 2.58. The molecule has 9 heteroatoms. The summed E-state index contributed by atoms with van der Waals surface area (Å²) in [4.78, 5) is 41.1. The van der Waals surface area contributed by atoms with Gasteiger partial charge in [-0.05, 0) is 38.1 Å². The second-order valence-corrected chi connectivity index (χ2v) is 5.72. The number of carbonyl (C=O) groups is 2. The molecule has 0 radical (unpaired) electrons. The van der Waals surface area contributed by atoms with Crippen LogP contribution in [0.15, 0.2) is 42.6 Å². The van der Waals surface area contributed by atoms with E-state index in [0.717, 1.165) is 0 Å². The molecule has 0 saturated heterocycles. The molecule has 2 rings (SSSR count). The van der Waals surface area contributed by atoms with Gasteiger partial charge in [-0.2, -0.15) is 0 Å². The van der Waals surface area contributed by atoms with Crippen LogP contribution in [-0.4, -0.2) is 41.5 Å². The maximum absolute atomic E-state index is 13.1. The molecule has 0 aliphatic carbocycles. The third-order valence-electron chi connectivity index (χ3n) is 3.82. The zero-order chi connectivity index (χ0) is 20.5. The van der Waals surface area contributed by atoms with Gasteiger partial charge in [0, 0.05) is 30.9 Å². The van der Waals surface area contributed by atoms with Gasteiger partial charge in [-0.3, -0.25) is 24.6 Å². The number of amides is 1. The summed E-state index contributed by atoms with van der Waals surface area (Å²) >= 11 is 0. The number of esters is 1. The van der Waals surface area contributed by atoms with E-state index in [1.54, 1.807) is 25.1 Å². The maximum atomic E-state index is 13.1. The van der Waals surface area contributed by atoms with E-state index in [2.05, 4.69) is 10.3 Å². The molecule has 0 saturated carbocycles. The molecule has 0 aliphatic rings. The second kappa shape index (κ2) is 10.0. The van der Waals surface area contributed by atoms with Crippen molar-refractivity contribution in [3.05, 3.63) is 58.3 Å². The Labute approximate surface area is 162 Å². The number of nitro groups is 1. The Morgan fingerprint density at radius 3 is 2.64 bits per heavy atom. The highest BCUT2D eigenvalue weighted by Crippen LogP contribution is 2.27. The Bertz CT molecular complexity index is 841. The number of anilines is 2. The molecule has 9 nitrogen and oxygen atoms in total. The molecule has 0 fully saturated rings. The number of hydrogen-bond donors (Lipinski definition) is 1. The van der Waals surface area contributed by atoms with Gasteiger partial charge in [-0.1, -0.05) is 6.07 Å². The van der Waals surface area contributed by atoms with E-state index >= 15 is 0 Å². The van der Waals surface area contributed by atoms with Gasteiger partial charge in [0.15, 0.2) is 0 Å². The maximum Gasteiger partial charge on any atom is 0.307 e. The van der Waals surface area contributed by atoms with E-state index in [4.69, 9.17) is 4.74 Å². The molecule has 148 valence electrons. The van der Waals surface area contributed by atoms with Gasteiger partial charge in [0.25, 0.3) is 11.6 Å². The molecule has 0 spiro atoms. The van der Waals surface area contributed by atoms with Crippen molar-refractivity contribution in [2.45, 2.75) is 20.3 Å². The molecular formula is C19H22N4O5. The number of nitrogens with one attached hydrogen (secondary N) is 1. The number of ether oxygens (including phenoxy) is 1. The minimum Gasteiger partial charge on any atom is -0.466 e. The second-order valence-electron chi connectivity index (χ2n) is 5.72. The Balaban J connectivity index is 2.34. The van der Waals surface area contributed by atoms with E-state index in [1.807, 2.05) is 6.92 Å². The molecule has 28 heavy (non-hydrogen) atoms. The Kier molecular flexibility index (Phi) is 7.44. The van der Waals surface area contributed by atoms with Crippen LogP contribution >= 0.6 is 0 Å². The molecule has 1 heterocycles. The molecule has 0 aliphatic heterocycles. The van der Waals surface area contributed by atoms with E-state index in [1.165, 1.54) is 29.3 Å².